The van der Waals surface area contributed by atoms with Crippen molar-refractivity contribution in [1.82, 2.24) is 15.3 Å². The molecule has 10 heteroatoms. The van der Waals surface area contributed by atoms with E-state index >= 15 is 0 Å². The highest BCUT2D eigenvalue weighted by Gasteiger charge is 2.42. The monoisotopic (exact) mass is 445 g/mol. The Morgan fingerprint density at radius 1 is 1.23 bits per heavy atom. The standard InChI is InChI=1S/C21H21ClFN5O3/c1-11(31-21-17(23)6-13(22)10-26-21)20(30)27-14-7-15-3-4-16(8-14)28(15)18-5-2-12(9-25-18)19(24)29/h2,5-6,9-10,14-16H,1,3-4,7-8H2,(H2,24,29)(H,27,30). The highest BCUT2D eigenvalue weighted by Crippen LogP contribution is 2.38. The van der Waals surface area contributed by atoms with Crippen LogP contribution in [0.1, 0.15) is 36.0 Å². The molecule has 2 aromatic heterocycles. The van der Waals surface area contributed by atoms with Gasteiger partial charge in [-0.15, -0.1) is 0 Å². The molecule has 2 amide bonds. The summed E-state index contributed by atoms with van der Waals surface area (Å²) in [6.45, 7) is 3.59. The number of carbonyl (C=O) groups excluding carboxylic acids is 2. The average Bonchev–Trinajstić information content (AvgIpc) is 3.00. The van der Waals surface area contributed by atoms with Gasteiger partial charge in [-0.3, -0.25) is 9.59 Å². The Labute approximate surface area is 183 Å². The van der Waals surface area contributed by atoms with Crippen LogP contribution >= 0.6 is 11.6 Å². The Morgan fingerprint density at radius 2 is 1.94 bits per heavy atom. The number of primary amides is 1. The van der Waals surface area contributed by atoms with Gasteiger partial charge in [-0.2, -0.15) is 0 Å². The van der Waals surface area contributed by atoms with E-state index < -0.39 is 17.6 Å². The van der Waals surface area contributed by atoms with Crippen LogP contribution in [0.3, 0.4) is 0 Å². The van der Waals surface area contributed by atoms with E-state index in [2.05, 4.69) is 26.8 Å². The summed E-state index contributed by atoms with van der Waals surface area (Å²) in [4.78, 5) is 34.1. The third-order valence-corrected chi connectivity index (χ3v) is 5.82. The number of nitrogens with zero attached hydrogens (tertiary/aromatic N) is 3. The van der Waals surface area contributed by atoms with Crippen molar-refractivity contribution in [2.24, 2.45) is 5.73 Å². The largest absolute Gasteiger partial charge is 0.431 e. The minimum atomic E-state index is -0.775. The fourth-order valence-electron chi connectivity index (χ4n) is 4.26. The molecule has 2 atom stereocenters. The highest BCUT2D eigenvalue weighted by molar-refractivity contribution is 6.30. The summed E-state index contributed by atoms with van der Waals surface area (Å²) in [6, 6.07) is 4.86. The van der Waals surface area contributed by atoms with Crippen molar-refractivity contribution in [2.75, 3.05) is 4.90 Å². The van der Waals surface area contributed by atoms with Crippen molar-refractivity contribution >= 4 is 29.2 Å². The van der Waals surface area contributed by atoms with Crippen LogP contribution in [0.25, 0.3) is 0 Å². The zero-order chi connectivity index (χ0) is 22.1. The fourth-order valence-corrected chi connectivity index (χ4v) is 4.40. The number of ether oxygens (including phenoxy) is 1. The van der Waals surface area contributed by atoms with Crippen molar-refractivity contribution in [3.05, 3.63) is 59.3 Å². The summed E-state index contributed by atoms with van der Waals surface area (Å²) in [5.41, 5.74) is 5.65. The molecule has 0 spiro atoms. The number of nitrogens with one attached hydrogen (secondary N) is 1. The van der Waals surface area contributed by atoms with Gasteiger partial charge in [0.15, 0.2) is 11.6 Å². The molecule has 2 bridgehead atoms. The second-order valence-electron chi connectivity index (χ2n) is 7.67. The number of piperidine rings is 1. The van der Waals surface area contributed by atoms with E-state index in [-0.39, 0.29) is 34.8 Å². The van der Waals surface area contributed by atoms with E-state index in [0.29, 0.717) is 5.56 Å². The first-order chi connectivity index (χ1) is 14.8. The number of carbonyl (C=O) groups is 2. The summed E-state index contributed by atoms with van der Waals surface area (Å²) in [6.07, 6.45) is 6.12. The average molecular weight is 446 g/mol. The van der Waals surface area contributed by atoms with Crippen molar-refractivity contribution in [3.63, 3.8) is 0 Å². The zero-order valence-electron chi connectivity index (χ0n) is 16.6. The Bertz CT molecular complexity index is 1020. The first-order valence-electron chi connectivity index (χ1n) is 9.84. The molecule has 0 saturated carbocycles. The van der Waals surface area contributed by atoms with Crippen LogP contribution in [0.2, 0.25) is 5.02 Å². The van der Waals surface area contributed by atoms with Gasteiger partial charge in [0.1, 0.15) is 5.82 Å². The van der Waals surface area contributed by atoms with E-state index in [1.807, 2.05) is 0 Å². The van der Waals surface area contributed by atoms with Gasteiger partial charge >= 0.3 is 0 Å². The minimum absolute atomic E-state index is 0.0745. The second kappa shape index (κ2) is 8.50. The molecular weight excluding hydrogens is 425 g/mol. The topological polar surface area (TPSA) is 110 Å². The maximum Gasteiger partial charge on any atom is 0.286 e. The molecule has 2 aliphatic rings. The van der Waals surface area contributed by atoms with E-state index in [1.54, 1.807) is 12.1 Å². The second-order valence-corrected chi connectivity index (χ2v) is 8.11. The van der Waals surface area contributed by atoms with Crippen LogP contribution in [0.15, 0.2) is 42.9 Å². The van der Waals surface area contributed by atoms with Gasteiger partial charge in [-0.25, -0.2) is 14.4 Å². The van der Waals surface area contributed by atoms with Crippen molar-refractivity contribution < 1.29 is 18.7 Å². The number of amides is 2. The lowest BCUT2D eigenvalue weighted by Gasteiger charge is -2.40. The Kier molecular flexibility index (Phi) is 5.77. The van der Waals surface area contributed by atoms with Crippen LogP contribution in [0.5, 0.6) is 5.88 Å². The van der Waals surface area contributed by atoms with Crippen molar-refractivity contribution in [3.8, 4) is 5.88 Å². The molecule has 2 unspecified atom stereocenters. The molecule has 2 aromatic rings. The number of nitrogens with two attached hydrogens (primary N) is 1. The smallest absolute Gasteiger partial charge is 0.286 e. The molecule has 8 nitrogen and oxygen atoms in total. The number of fused-ring (bicyclic) bond motifs is 2. The predicted molar refractivity (Wildman–Crippen MR) is 112 cm³/mol. The van der Waals surface area contributed by atoms with Gasteiger partial charge in [0.05, 0.1) is 10.6 Å². The van der Waals surface area contributed by atoms with Crippen LogP contribution < -0.4 is 20.7 Å². The van der Waals surface area contributed by atoms with E-state index in [9.17, 15) is 14.0 Å². The molecule has 162 valence electrons. The van der Waals surface area contributed by atoms with Gasteiger partial charge in [-0.1, -0.05) is 18.2 Å². The third-order valence-electron chi connectivity index (χ3n) is 5.61. The molecule has 2 aliphatic heterocycles. The van der Waals surface area contributed by atoms with Gasteiger partial charge in [0.2, 0.25) is 5.91 Å². The highest BCUT2D eigenvalue weighted by atomic mass is 35.5. The maximum absolute atomic E-state index is 13.8. The minimum Gasteiger partial charge on any atom is -0.431 e. The molecule has 31 heavy (non-hydrogen) atoms. The number of anilines is 1. The van der Waals surface area contributed by atoms with Crippen molar-refractivity contribution in [2.45, 2.75) is 43.8 Å². The van der Waals surface area contributed by atoms with Gasteiger partial charge in [-0.05, 0) is 43.9 Å². The van der Waals surface area contributed by atoms with Crippen LogP contribution in [-0.4, -0.2) is 39.9 Å². The van der Waals surface area contributed by atoms with E-state index in [1.165, 1.54) is 12.4 Å². The van der Waals surface area contributed by atoms with Gasteiger partial charge in [0.25, 0.3) is 11.8 Å². The number of rotatable bonds is 6. The molecule has 4 rings (SSSR count). The first kappa shape index (κ1) is 21.0. The lowest BCUT2D eigenvalue weighted by Crippen LogP contribution is -2.51. The number of hydrogen-bond donors (Lipinski definition) is 2. The van der Waals surface area contributed by atoms with Gasteiger partial charge in [0, 0.05) is 30.5 Å². The molecule has 2 fully saturated rings. The van der Waals surface area contributed by atoms with Crippen LogP contribution in [-0.2, 0) is 4.79 Å². The van der Waals surface area contributed by atoms with Crippen molar-refractivity contribution in [1.29, 1.82) is 0 Å². The zero-order valence-corrected chi connectivity index (χ0v) is 17.3. The summed E-state index contributed by atoms with van der Waals surface area (Å²) < 4.78 is 19.0. The van der Waals surface area contributed by atoms with Crippen LogP contribution in [0, 0.1) is 5.82 Å². The Balaban J connectivity index is 1.37. The molecule has 2 saturated heterocycles. The normalized spacial score (nSPS) is 22.1. The summed E-state index contributed by atoms with van der Waals surface area (Å²) in [5.74, 6) is -1.61. The fraction of sp³-hybridized carbons (Fsp3) is 0.333. The van der Waals surface area contributed by atoms with Crippen LogP contribution in [0.4, 0.5) is 10.2 Å². The molecule has 0 aromatic carbocycles. The Hall–Kier alpha value is -3.20. The first-order valence-corrected chi connectivity index (χ1v) is 10.2. The Morgan fingerprint density at radius 3 is 2.52 bits per heavy atom. The third kappa shape index (κ3) is 4.46. The lowest BCUT2D eigenvalue weighted by atomic mass is 9.97. The number of hydrogen-bond acceptors (Lipinski definition) is 6. The summed E-state index contributed by atoms with van der Waals surface area (Å²) >= 11 is 5.67. The molecule has 4 heterocycles. The molecule has 3 N–H and O–H groups in total. The van der Waals surface area contributed by atoms with E-state index in [0.717, 1.165) is 37.6 Å². The molecular formula is C21H21ClFN5O3. The summed E-state index contributed by atoms with van der Waals surface area (Å²) in [7, 11) is 0. The quantitative estimate of drug-likeness (QED) is 0.522. The summed E-state index contributed by atoms with van der Waals surface area (Å²) in [5, 5.41) is 3.04. The number of pyridine rings is 2. The van der Waals surface area contributed by atoms with E-state index in [4.69, 9.17) is 22.1 Å². The van der Waals surface area contributed by atoms with Gasteiger partial charge < -0.3 is 20.7 Å². The molecule has 0 radical (unpaired) electrons. The lowest BCUT2D eigenvalue weighted by molar-refractivity contribution is -0.120. The maximum atomic E-state index is 13.8. The molecule has 0 aliphatic carbocycles. The number of aromatic nitrogens is 2. The SMILES string of the molecule is C=C(Oc1ncc(Cl)cc1F)C(=O)NC1CC2CCC(C1)N2c1ccc(C(N)=O)cn1. The predicted octanol–water partition coefficient (Wildman–Crippen LogP) is 2.58. The number of halogens is 2.